The van der Waals surface area contributed by atoms with Crippen LogP contribution in [-0.4, -0.2) is 23.7 Å². The minimum atomic E-state index is -0.428. The van der Waals surface area contributed by atoms with Crippen molar-refractivity contribution in [1.29, 1.82) is 0 Å². The Labute approximate surface area is 120 Å². The van der Waals surface area contributed by atoms with E-state index >= 15 is 0 Å². The lowest BCUT2D eigenvalue weighted by atomic mass is 9.85. The minimum absolute atomic E-state index is 0.136. The summed E-state index contributed by atoms with van der Waals surface area (Å²) in [7, 11) is 0. The lowest BCUT2D eigenvalue weighted by Crippen LogP contribution is -2.37. The predicted octanol–water partition coefficient (Wildman–Crippen LogP) is 1.82. The molecule has 110 valence electrons. The standard InChI is InChI=1S/C16H24N2O2/c17-10-12-6-8-14(9-7-12)16(20)18-11-15(19)13-4-2-1-3-5-13/h6-9,13,15,19H,1-5,10-11,17H2,(H,18,20). The van der Waals surface area contributed by atoms with Crippen LogP contribution in [0, 0.1) is 5.92 Å². The van der Waals surface area contributed by atoms with Crippen molar-refractivity contribution in [2.45, 2.75) is 44.8 Å². The van der Waals surface area contributed by atoms with Crippen LogP contribution < -0.4 is 11.1 Å². The summed E-state index contributed by atoms with van der Waals surface area (Å²) >= 11 is 0. The van der Waals surface area contributed by atoms with Crippen LogP contribution in [0.5, 0.6) is 0 Å². The molecule has 0 spiro atoms. The fraction of sp³-hybridized carbons (Fsp3) is 0.562. The van der Waals surface area contributed by atoms with E-state index < -0.39 is 6.10 Å². The molecule has 4 N–H and O–H groups in total. The summed E-state index contributed by atoms with van der Waals surface area (Å²) in [4.78, 5) is 12.0. The van der Waals surface area contributed by atoms with Crippen molar-refractivity contribution in [2.24, 2.45) is 11.7 Å². The van der Waals surface area contributed by atoms with E-state index in [1.54, 1.807) is 12.1 Å². The molecule has 1 saturated carbocycles. The van der Waals surface area contributed by atoms with Crippen LogP contribution in [0.1, 0.15) is 48.0 Å². The normalized spacial score (nSPS) is 17.7. The van der Waals surface area contributed by atoms with Crippen LogP contribution in [0.25, 0.3) is 0 Å². The van der Waals surface area contributed by atoms with Gasteiger partial charge in [0.1, 0.15) is 0 Å². The molecule has 0 radical (unpaired) electrons. The summed E-state index contributed by atoms with van der Waals surface area (Å²) in [5.74, 6) is 0.201. The van der Waals surface area contributed by atoms with Crippen LogP contribution in [0.4, 0.5) is 0 Å². The lowest BCUT2D eigenvalue weighted by Gasteiger charge is -2.26. The number of carbonyl (C=O) groups excluding carboxylic acids is 1. The molecule has 1 aliphatic rings. The van der Waals surface area contributed by atoms with Gasteiger partial charge in [-0.3, -0.25) is 4.79 Å². The summed E-state index contributed by atoms with van der Waals surface area (Å²) in [5, 5.41) is 12.9. The second-order valence-electron chi connectivity index (χ2n) is 5.58. The number of nitrogens with two attached hydrogens (primary N) is 1. The monoisotopic (exact) mass is 276 g/mol. The van der Waals surface area contributed by atoms with E-state index in [2.05, 4.69) is 5.32 Å². The van der Waals surface area contributed by atoms with Crippen molar-refractivity contribution >= 4 is 5.91 Å². The Bertz CT molecular complexity index is 425. The Morgan fingerprint density at radius 2 is 1.90 bits per heavy atom. The highest BCUT2D eigenvalue weighted by atomic mass is 16.3. The third kappa shape index (κ3) is 4.05. The minimum Gasteiger partial charge on any atom is -0.391 e. The number of aliphatic hydroxyl groups excluding tert-OH is 1. The maximum Gasteiger partial charge on any atom is 0.251 e. The van der Waals surface area contributed by atoms with Gasteiger partial charge < -0.3 is 16.2 Å². The SMILES string of the molecule is NCc1ccc(C(=O)NCC(O)C2CCCCC2)cc1. The number of hydrogen-bond donors (Lipinski definition) is 3. The molecule has 1 aromatic rings. The van der Waals surface area contributed by atoms with E-state index in [1.807, 2.05) is 12.1 Å². The molecule has 0 aliphatic heterocycles. The molecule has 1 atom stereocenters. The zero-order chi connectivity index (χ0) is 14.4. The number of amides is 1. The van der Waals surface area contributed by atoms with Crippen molar-refractivity contribution < 1.29 is 9.90 Å². The first-order valence-corrected chi connectivity index (χ1v) is 7.46. The zero-order valence-corrected chi connectivity index (χ0v) is 11.8. The first kappa shape index (κ1) is 15.0. The third-order valence-electron chi connectivity index (χ3n) is 4.12. The maximum absolute atomic E-state index is 12.0. The average Bonchev–Trinajstić information content (AvgIpc) is 2.53. The third-order valence-corrected chi connectivity index (χ3v) is 4.12. The summed E-state index contributed by atoms with van der Waals surface area (Å²) in [6.07, 6.45) is 5.36. The Kier molecular flexibility index (Phi) is 5.56. The molecule has 1 unspecified atom stereocenters. The van der Waals surface area contributed by atoms with Gasteiger partial charge in [-0.05, 0) is 36.5 Å². The molecule has 20 heavy (non-hydrogen) atoms. The quantitative estimate of drug-likeness (QED) is 0.768. The molecule has 1 aliphatic carbocycles. The lowest BCUT2D eigenvalue weighted by molar-refractivity contribution is 0.0738. The van der Waals surface area contributed by atoms with Gasteiger partial charge in [0, 0.05) is 18.7 Å². The number of aliphatic hydroxyl groups is 1. The van der Waals surface area contributed by atoms with Gasteiger partial charge in [0.2, 0.25) is 0 Å². The molecule has 1 aromatic carbocycles. The van der Waals surface area contributed by atoms with Crippen molar-refractivity contribution in [3.8, 4) is 0 Å². The van der Waals surface area contributed by atoms with E-state index in [1.165, 1.54) is 19.3 Å². The van der Waals surface area contributed by atoms with Crippen LogP contribution in [-0.2, 0) is 6.54 Å². The van der Waals surface area contributed by atoms with Gasteiger partial charge in [-0.25, -0.2) is 0 Å². The first-order valence-electron chi connectivity index (χ1n) is 7.46. The topological polar surface area (TPSA) is 75.4 Å². The Morgan fingerprint density at radius 3 is 2.50 bits per heavy atom. The summed E-state index contributed by atoms with van der Waals surface area (Å²) < 4.78 is 0. The van der Waals surface area contributed by atoms with Crippen LogP contribution in [0.2, 0.25) is 0 Å². The summed E-state index contributed by atoms with van der Waals surface area (Å²) in [6, 6.07) is 7.24. The molecule has 4 heteroatoms. The van der Waals surface area contributed by atoms with Crippen molar-refractivity contribution in [3.63, 3.8) is 0 Å². The number of hydrogen-bond acceptors (Lipinski definition) is 3. The molecule has 1 fully saturated rings. The maximum atomic E-state index is 12.0. The molecule has 0 bridgehead atoms. The van der Waals surface area contributed by atoms with Crippen molar-refractivity contribution in [3.05, 3.63) is 35.4 Å². The Balaban J connectivity index is 1.81. The average molecular weight is 276 g/mol. The molecule has 0 heterocycles. The van der Waals surface area contributed by atoms with E-state index in [0.29, 0.717) is 24.6 Å². The highest BCUT2D eigenvalue weighted by Gasteiger charge is 2.22. The van der Waals surface area contributed by atoms with E-state index in [9.17, 15) is 9.90 Å². The van der Waals surface area contributed by atoms with Gasteiger partial charge in [-0.2, -0.15) is 0 Å². The van der Waals surface area contributed by atoms with Crippen molar-refractivity contribution in [1.82, 2.24) is 5.32 Å². The van der Waals surface area contributed by atoms with Crippen LogP contribution in [0.15, 0.2) is 24.3 Å². The van der Waals surface area contributed by atoms with Crippen LogP contribution >= 0.6 is 0 Å². The Morgan fingerprint density at radius 1 is 1.25 bits per heavy atom. The molecule has 1 amide bonds. The first-order chi connectivity index (χ1) is 9.70. The van der Waals surface area contributed by atoms with Gasteiger partial charge in [-0.1, -0.05) is 31.4 Å². The van der Waals surface area contributed by atoms with Crippen molar-refractivity contribution in [2.75, 3.05) is 6.54 Å². The van der Waals surface area contributed by atoms with E-state index in [-0.39, 0.29) is 5.91 Å². The zero-order valence-electron chi connectivity index (χ0n) is 11.8. The number of carbonyl (C=O) groups is 1. The number of rotatable bonds is 5. The predicted molar refractivity (Wildman–Crippen MR) is 79.2 cm³/mol. The van der Waals surface area contributed by atoms with E-state index in [0.717, 1.165) is 18.4 Å². The summed E-state index contributed by atoms with van der Waals surface area (Å²) in [6.45, 7) is 0.810. The van der Waals surface area contributed by atoms with Gasteiger partial charge >= 0.3 is 0 Å². The molecule has 4 nitrogen and oxygen atoms in total. The van der Waals surface area contributed by atoms with Gasteiger partial charge in [-0.15, -0.1) is 0 Å². The molecule has 0 aromatic heterocycles. The molecule has 0 saturated heterocycles. The highest BCUT2D eigenvalue weighted by molar-refractivity contribution is 5.94. The van der Waals surface area contributed by atoms with E-state index in [4.69, 9.17) is 5.73 Å². The number of nitrogens with one attached hydrogen (secondary N) is 1. The highest BCUT2D eigenvalue weighted by Crippen LogP contribution is 2.26. The number of benzene rings is 1. The smallest absolute Gasteiger partial charge is 0.251 e. The van der Waals surface area contributed by atoms with Crippen LogP contribution in [0.3, 0.4) is 0 Å². The second-order valence-corrected chi connectivity index (χ2v) is 5.58. The van der Waals surface area contributed by atoms with Gasteiger partial charge in [0.15, 0.2) is 0 Å². The molecule has 2 rings (SSSR count). The van der Waals surface area contributed by atoms with Gasteiger partial charge in [0.05, 0.1) is 6.10 Å². The fourth-order valence-corrected chi connectivity index (χ4v) is 2.78. The fourth-order valence-electron chi connectivity index (χ4n) is 2.78. The van der Waals surface area contributed by atoms with Gasteiger partial charge in [0.25, 0.3) is 5.91 Å². The second kappa shape index (κ2) is 7.41. The Hall–Kier alpha value is -1.39. The largest absolute Gasteiger partial charge is 0.391 e. The molecular weight excluding hydrogens is 252 g/mol. The summed E-state index contributed by atoms with van der Waals surface area (Å²) in [5.41, 5.74) is 7.14. The molecular formula is C16H24N2O2.